The minimum Gasteiger partial charge on any atom is -0.487 e. The Morgan fingerprint density at radius 3 is 3.00 bits per heavy atom. The zero-order valence-corrected chi connectivity index (χ0v) is 11.8. The molecule has 2 rings (SSSR count). The monoisotopic (exact) mass is 297 g/mol. The number of aryl methyl sites for hydroxylation is 1. The van der Waals surface area contributed by atoms with E-state index in [2.05, 4.69) is 4.98 Å². The maximum Gasteiger partial charge on any atom is 0.349 e. The van der Waals surface area contributed by atoms with Crippen molar-refractivity contribution in [2.45, 2.75) is 20.0 Å². The number of hydrogen-bond acceptors (Lipinski definition) is 4. The molecular weight excluding hydrogens is 286 g/mol. The van der Waals surface area contributed by atoms with E-state index in [4.69, 9.17) is 21.4 Å². The maximum absolute atomic E-state index is 11.1. The summed E-state index contributed by atoms with van der Waals surface area (Å²) >= 11 is 7.21. The summed E-state index contributed by atoms with van der Waals surface area (Å²) in [5.41, 5.74) is 0.775. The van der Waals surface area contributed by atoms with Gasteiger partial charge < -0.3 is 9.84 Å². The molecule has 0 saturated carbocycles. The van der Waals surface area contributed by atoms with Gasteiger partial charge in [-0.15, -0.1) is 11.3 Å². The SMILES string of the molecule is CCc1cc(OCc2ccncc2Cl)c(C(=O)O)s1. The zero-order chi connectivity index (χ0) is 13.8. The Labute approximate surface area is 119 Å². The van der Waals surface area contributed by atoms with Crippen LogP contribution < -0.4 is 4.74 Å². The first-order chi connectivity index (χ1) is 9.11. The minimum atomic E-state index is -0.972. The number of pyridine rings is 1. The number of aromatic nitrogens is 1. The van der Waals surface area contributed by atoms with Gasteiger partial charge in [0.05, 0.1) is 5.02 Å². The maximum atomic E-state index is 11.1. The van der Waals surface area contributed by atoms with Crippen LogP contribution in [0.4, 0.5) is 0 Å². The van der Waals surface area contributed by atoms with Gasteiger partial charge in [-0.2, -0.15) is 0 Å². The molecule has 0 atom stereocenters. The molecule has 4 nitrogen and oxygen atoms in total. The van der Waals surface area contributed by atoms with Crippen LogP contribution in [0, 0.1) is 0 Å². The van der Waals surface area contributed by atoms with E-state index in [9.17, 15) is 4.79 Å². The summed E-state index contributed by atoms with van der Waals surface area (Å²) < 4.78 is 5.57. The number of halogens is 1. The van der Waals surface area contributed by atoms with Gasteiger partial charge in [0.2, 0.25) is 0 Å². The second-order valence-corrected chi connectivity index (χ2v) is 5.36. The lowest BCUT2D eigenvalue weighted by atomic mass is 10.3. The van der Waals surface area contributed by atoms with E-state index in [0.29, 0.717) is 10.8 Å². The van der Waals surface area contributed by atoms with Crippen LogP contribution in [0.2, 0.25) is 5.02 Å². The largest absolute Gasteiger partial charge is 0.487 e. The van der Waals surface area contributed by atoms with Gasteiger partial charge in [-0.05, 0) is 18.6 Å². The summed E-state index contributed by atoms with van der Waals surface area (Å²) in [5, 5.41) is 9.63. The lowest BCUT2D eigenvalue weighted by Gasteiger charge is -2.06. The van der Waals surface area contributed by atoms with E-state index in [1.165, 1.54) is 17.5 Å². The molecule has 0 aliphatic heterocycles. The Balaban J connectivity index is 2.17. The summed E-state index contributed by atoms with van der Waals surface area (Å²) in [5.74, 6) is -0.581. The topological polar surface area (TPSA) is 59.4 Å². The number of carbonyl (C=O) groups is 1. The molecule has 0 aliphatic carbocycles. The quantitative estimate of drug-likeness (QED) is 0.915. The Morgan fingerprint density at radius 1 is 1.58 bits per heavy atom. The Morgan fingerprint density at radius 2 is 2.37 bits per heavy atom. The van der Waals surface area contributed by atoms with Gasteiger partial charge in [-0.1, -0.05) is 18.5 Å². The molecular formula is C13H12ClNO3S. The van der Waals surface area contributed by atoms with E-state index in [1.54, 1.807) is 18.3 Å². The van der Waals surface area contributed by atoms with Crippen molar-refractivity contribution in [2.75, 3.05) is 0 Å². The molecule has 0 bridgehead atoms. The standard InChI is InChI=1S/C13H12ClNO3S/c1-2-9-5-11(12(19-9)13(16)17)18-7-8-3-4-15-6-10(8)14/h3-6H,2,7H2,1H3,(H,16,17). The first kappa shape index (κ1) is 13.8. The molecule has 1 N–H and O–H groups in total. The van der Waals surface area contributed by atoms with Crippen LogP contribution >= 0.6 is 22.9 Å². The fraction of sp³-hybridized carbons (Fsp3) is 0.231. The van der Waals surface area contributed by atoms with Crippen molar-refractivity contribution < 1.29 is 14.6 Å². The number of carboxylic acid groups (broad SMARTS) is 1. The van der Waals surface area contributed by atoms with Crippen molar-refractivity contribution in [1.29, 1.82) is 0 Å². The minimum absolute atomic E-state index is 0.224. The van der Waals surface area contributed by atoms with E-state index >= 15 is 0 Å². The first-order valence-corrected chi connectivity index (χ1v) is 6.88. The van der Waals surface area contributed by atoms with Crippen molar-refractivity contribution in [3.8, 4) is 5.75 Å². The third-order valence-corrected chi connectivity index (χ3v) is 4.12. The number of hydrogen-bond donors (Lipinski definition) is 1. The Hall–Kier alpha value is -1.59. The molecule has 0 amide bonds. The number of carboxylic acids is 1. The van der Waals surface area contributed by atoms with Gasteiger partial charge in [0.25, 0.3) is 0 Å². The average Bonchev–Trinajstić information content (AvgIpc) is 2.81. The normalized spacial score (nSPS) is 10.4. The predicted octanol–water partition coefficient (Wildman–Crippen LogP) is 3.64. The first-order valence-electron chi connectivity index (χ1n) is 5.69. The molecule has 0 aromatic carbocycles. The molecule has 0 spiro atoms. The number of ether oxygens (including phenoxy) is 1. The molecule has 0 aliphatic rings. The van der Waals surface area contributed by atoms with E-state index in [1.807, 2.05) is 6.92 Å². The highest BCUT2D eigenvalue weighted by Crippen LogP contribution is 2.30. The molecule has 6 heteroatoms. The van der Waals surface area contributed by atoms with Gasteiger partial charge in [0.1, 0.15) is 12.4 Å². The summed E-state index contributed by atoms with van der Waals surface area (Å²) in [6.45, 7) is 2.20. The highest BCUT2D eigenvalue weighted by atomic mass is 35.5. The van der Waals surface area contributed by atoms with Gasteiger partial charge in [0.15, 0.2) is 4.88 Å². The summed E-state index contributed by atoms with van der Waals surface area (Å²) in [7, 11) is 0. The highest BCUT2D eigenvalue weighted by Gasteiger charge is 2.16. The average molecular weight is 298 g/mol. The van der Waals surface area contributed by atoms with Gasteiger partial charge in [0, 0.05) is 22.8 Å². The molecule has 0 saturated heterocycles. The van der Waals surface area contributed by atoms with E-state index in [0.717, 1.165) is 16.9 Å². The van der Waals surface area contributed by atoms with Crippen LogP contribution in [0.5, 0.6) is 5.75 Å². The number of thiophene rings is 1. The van der Waals surface area contributed by atoms with Crippen LogP contribution in [0.15, 0.2) is 24.5 Å². The smallest absolute Gasteiger partial charge is 0.349 e. The Bertz CT molecular complexity index is 597. The molecule has 2 aromatic heterocycles. The van der Waals surface area contributed by atoms with Crippen molar-refractivity contribution in [3.63, 3.8) is 0 Å². The molecule has 0 radical (unpaired) electrons. The van der Waals surface area contributed by atoms with Crippen molar-refractivity contribution in [3.05, 3.63) is 44.9 Å². The summed E-state index contributed by atoms with van der Waals surface area (Å²) in [6.07, 6.45) is 3.93. The van der Waals surface area contributed by atoms with Crippen LogP contribution in [-0.2, 0) is 13.0 Å². The van der Waals surface area contributed by atoms with Crippen LogP contribution in [-0.4, -0.2) is 16.1 Å². The van der Waals surface area contributed by atoms with Crippen molar-refractivity contribution >= 4 is 28.9 Å². The van der Waals surface area contributed by atoms with Gasteiger partial charge >= 0.3 is 5.97 Å². The van der Waals surface area contributed by atoms with Crippen molar-refractivity contribution in [1.82, 2.24) is 4.98 Å². The van der Waals surface area contributed by atoms with E-state index in [-0.39, 0.29) is 11.5 Å². The number of rotatable bonds is 5. The summed E-state index contributed by atoms with van der Waals surface area (Å²) in [4.78, 5) is 16.2. The fourth-order valence-corrected chi connectivity index (χ4v) is 2.58. The lowest BCUT2D eigenvalue weighted by molar-refractivity contribution is 0.0697. The molecule has 2 aromatic rings. The summed E-state index contributed by atoms with van der Waals surface area (Å²) in [6, 6.07) is 3.51. The number of aromatic carboxylic acids is 1. The Kier molecular flexibility index (Phi) is 4.39. The van der Waals surface area contributed by atoms with Gasteiger partial charge in [-0.3, -0.25) is 4.98 Å². The number of nitrogens with zero attached hydrogens (tertiary/aromatic N) is 1. The molecule has 19 heavy (non-hydrogen) atoms. The third-order valence-electron chi connectivity index (χ3n) is 2.53. The molecule has 0 fully saturated rings. The third kappa shape index (κ3) is 3.24. The second kappa shape index (κ2) is 6.04. The predicted molar refractivity (Wildman–Crippen MR) is 74.2 cm³/mol. The van der Waals surface area contributed by atoms with Crippen LogP contribution in [0.25, 0.3) is 0 Å². The zero-order valence-electron chi connectivity index (χ0n) is 10.2. The molecule has 0 unspecified atom stereocenters. The lowest BCUT2D eigenvalue weighted by Crippen LogP contribution is -2.00. The van der Waals surface area contributed by atoms with Crippen LogP contribution in [0.1, 0.15) is 27.0 Å². The van der Waals surface area contributed by atoms with Gasteiger partial charge in [-0.25, -0.2) is 4.79 Å². The molecule has 100 valence electrons. The van der Waals surface area contributed by atoms with Crippen molar-refractivity contribution in [2.24, 2.45) is 0 Å². The highest BCUT2D eigenvalue weighted by molar-refractivity contribution is 7.14. The fourth-order valence-electron chi connectivity index (χ4n) is 1.53. The van der Waals surface area contributed by atoms with Crippen LogP contribution in [0.3, 0.4) is 0 Å². The second-order valence-electron chi connectivity index (χ2n) is 3.82. The molecule has 2 heterocycles. The van der Waals surface area contributed by atoms with E-state index < -0.39 is 5.97 Å².